The standard InChI is InChI=1S/C26H34N4O3S2/c1-17-21(12-9-15-27-17)30-35(31,32)23-16-19(13-14-22(23)33-5)24-18(2)28-25(34-24)29-26(3,4)20-10-7-6-8-11-20/h9,12-16,20,30H,6-8,10-11H2,1-5H3,(H,28,29). The van der Waals surface area contributed by atoms with Crippen molar-refractivity contribution in [2.75, 3.05) is 17.1 Å². The number of pyridine rings is 1. The molecule has 7 nitrogen and oxygen atoms in total. The third-order valence-electron chi connectivity index (χ3n) is 6.82. The minimum absolute atomic E-state index is 0.0537. The molecule has 0 radical (unpaired) electrons. The minimum Gasteiger partial charge on any atom is -0.495 e. The van der Waals surface area contributed by atoms with Gasteiger partial charge in [-0.25, -0.2) is 13.4 Å². The van der Waals surface area contributed by atoms with Gasteiger partial charge in [0.05, 0.1) is 29.1 Å². The average molecular weight is 515 g/mol. The topological polar surface area (TPSA) is 93.2 Å². The average Bonchev–Trinajstić information content (AvgIpc) is 3.19. The quantitative estimate of drug-likeness (QED) is 0.361. The van der Waals surface area contributed by atoms with Crippen molar-refractivity contribution in [2.24, 2.45) is 5.92 Å². The van der Waals surface area contributed by atoms with E-state index in [1.807, 2.05) is 13.0 Å². The number of anilines is 2. The lowest BCUT2D eigenvalue weighted by molar-refractivity contribution is 0.258. The van der Waals surface area contributed by atoms with E-state index in [9.17, 15) is 8.42 Å². The van der Waals surface area contributed by atoms with E-state index >= 15 is 0 Å². The summed E-state index contributed by atoms with van der Waals surface area (Å²) in [6.45, 7) is 8.23. The normalized spacial score (nSPS) is 15.1. The molecule has 0 atom stereocenters. The van der Waals surface area contributed by atoms with Crippen LogP contribution in [0.1, 0.15) is 57.3 Å². The zero-order valence-electron chi connectivity index (χ0n) is 21.0. The van der Waals surface area contributed by atoms with Crippen molar-refractivity contribution in [3.8, 4) is 16.2 Å². The van der Waals surface area contributed by atoms with Crippen molar-refractivity contribution < 1.29 is 13.2 Å². The van der Waals surface area contributed by atoms with Gasteiger partial charge in [-0.2, -0.15) is 0 Å². The first-order valence-corrected chi connectivity index (χ1v) is 14.3. The van der Waals surface area contributed by atoms with Gasteiger partial charge in [-0.15, -0.1) is 0 Å². The summed E-state index contributed by atoms with van der Waals surface area (Å²) in [4.78, 5) is 9.96. The van der Waals surface area contributed by atoms with Gasteiger partial charge in [0.2, 0.25) is 0 Å². The van der Waals surface area contributed by atoms with E-state index in [1.165, 1.54) is 39.2 Å². The molecule has 2 N–H and O–H groups in total. The highest BCUT2D eigenvalue weighted by atomic mass is 32.2. The number of thiazole rings is 1. The van der Waals surface area contributed by atoms with Crippen molar-refractivity contribution in [2.45, 2.75) is 70.2 Å². The van der Waals surface area contributed by atoms with Crippen molar-refractivity contribution in [1.29, 1.82) is 0 Å². The van der Waals surface area contributed by atoms with E-state index in [4.69, 9.17) is 9.72 Å². The molecule has 188 valence electrons. The van der Waals surface area contributed by atoms with Crippen LogP contribution in [0.4, 0.5) is 10.8 Å². The molecule has 1 aromatic carbocycles. The molecular formula is C26H34N4O3S2. The molecule has 1 fully saturated rings. The van der Waals surface area contributed by atoms with Crippen LogP contribution in [0.3, 0.4) is 0 Å². The van der Waals surface area contributed by atoms with Crippen LogP contribution in [0.15, 0.2) is 41.4 Å². The lowest BCUT2D eigenvalue weighted by Crippen LogP contribution is -2.40. The van der Waals surface area contributed by atoms with E-state index in [1.54, 1.807) is 48.7 Å². The molecule has 1 aliphatic rings. The van der Waals surface area contributed by atoms with Gasteiger partial charge in [0.25, 0.3) is 10.0 Å². The molecule has 4 rings (SSSR count). The van der Waals surface area contributed by atoms with Crippen LogP contribution < -0.4 is 14.8 Å². The van der Waals surface area contributed by atoms with Crippen LogP contribution in [0, 0.1) is 19.8 Å². The maximum atomic E-state index is 13.3. The zero-order chi connectivity index (χ0) is 25.2. The van der Waals surface area contributed by atoms with Crippen LogP contribution in [0.2, 0.25) is 0 Å². The van der Waals surface area contributed by atoms with E-state index in [0.29, 0.717) is 17.3 Å². The van der Waals surface area contributed by atoms with Crippen molar-refractivity contribution >= 4 is 32.2 Å². The number of ether oxygens (including phenoxy) is 1. The van der Waals surface area contributed by atoms with Crippen LogP contribution >= 0.6 is 11.3 Å². The van der Waals surface area contributed by atoms with Crippen molar-refractivity contribution in [3.05, 3.63) is 47.9 Å². The Morgan fingerprint density at radius 2 is 1.83 bits per heavy atom. The van der Waals surface area contributed by atoms with Crippen molar-refractivity contribution in [1.82, 2.24) is 9.97 Å². The Kier molecular flexibility index (Phi) is 7.38. The Bertz CT molecular complexity index is 1300. The van der Waals surface area contributed by atoms with E-state index in [-0.39, 0.29) is 16.2 Å². The number of rotatable bonds is 8. The fourth-order valence-corrected chi connectivity index (χ4v) is 7.18. The van der Waals surface area contributed by atoms with Crippen LogP contribution in [0.5, 0.6) is 5.75 Å². The fraction of sp³-hybridized carbons (Fsp3) is 0.462. The number of hydrogen-bond donors (Lipinski definition) is 2. The minimum atomic E-state index is -3.90. The van der Waals surface area contributed by atoms with Gasteiger partial charge in [-0.1, -0.05) is 30.6 Å². The second-order valence-corrected chi connectivity index (χ2v) is 12.4. The summed E-state index contributed by atoms with van der Waals surface area (Å²) in [5.74, 6) is 0.894. The largest absolute Gasteiger partial charge is 0.495 e. The van der Waals surface area contributed by atoms with Gasteiger partial charge in [-0.05, 0) is 82.3 Å². The number of nitrogens with zero attached hydrogens (tertiary/aromatic N) is 2. The first-order chi connectivity index (χ1) is 16.6. The summed E-state index contributed by atoms with van der Waals surface area (Å²) in [6, 6.07) is 8.61. The number of aromatic nitrogens is 2. The Labute approximate surface area is 212 Å². The summed E-state index contributed by atoms with van der Waals surface area (Å²) in [6.07, 6.45) is 8.00. The van der Waals surface area contributed by atoms with Gasteiger partial charge < -0.3 is 10.1 Å². The van der Waals surface area contributed by atoms with E-state index < -0.39 is 10.0 Å². The Balaban J connectivity index is 1.64. The summed E-state index contributed by atoms with van der Waals surface area (Å²) < 4.78 is 34.7. The van der Waals surface area contributed by atoms with Crippen molar-refractivity contribution in [3.63, 3.8) is 0 Å². The summed E-state index contributed by atoms with van der Waals surface area (Å²) in [7, 11) is -2.44. The molecule has 2 heterocycles. The second-order valence-electron chi connectivity index (χ2n) is 9.72. The SMILES string of the molecule is COc1ccc(-c2sc(NC(C)(C)C3CCCCC3)nc2C)cc1S(=O)(=O)Nc1cccnc1C. The molecule has 0 saturated heterocycles. The summed E-state index contributed by atoms with van der Waals surface area (Å²) in [5.41, 5.74) is 2.63. The van der Waals surface area contributed by atoms with Crippen LogP contribution in [-0.2, 0) is 10.0 Å². The molecular weight excluding hydrogens is 480 g/mol. The zero-order valence-corrected chi connectivity index (χ0v) is 22.6. The molecule has 0 aliphatic heterocycles. The monoisotopic (exact) mass is 514 g/mol. The van der Waals surface area contributed by atoms with E-state index in [2.05, 4.69) is 28.9 Å². The fourth-order valence-electron chi connectivity index (χ4n) is 4.74. The van der Waals surface area contributed by atoms with Gasteiger partial charge in [0.1, 0.15) is 10.6 Å². The molecule has 35 heavy (non-hydrogen) atoms. The second kappa shape index (κ2) is 10.1. The van der Waals surface area contributed by atoms with E-state index in [0.717, 1.165) is 21.3 Å². The van der Waals surface area contributed by atoms with Gasteiger partial charge in [-0.3, -0.25) is 9.71 Å². The predicted octanol–water partition coefficient (Wildman–Crippen LogP) is 6.40. The number of methoxy groups -OCH3 is 1. The van der Waals surface area contributed by atoms with Gasteiger partial charge in [0, 0.05) is 11.7 Å². The molecule has 1 aliphatic carbocycles. The first kappa shape index (κ1) is 25.4. The highest BCUT2D eigenvalue weighted by Crippen LogP contribution is 2.40. The van der Waals surface area contributed by atoms with Gasteiger partial charge >= 0.3 is 0 Å². The first-order valence-electron chi connectivity index (χ1n) is 12.0. The lowest BCUT2D eigenvalue weighted by Gasteiger charge is -2.37. The Hall–Kier alpha value is -2.65. The smallest absolute Gasteiger partial charge is 0.265 e. The lowest BCUT2D eigenvalue weighted by atomic mass is 9.77. The predicted molar refractivity (Wildman–Crippen MR) is 143 cm³/mol. The van der Waals surface area contributed by atoms with Gasteiger partial charge in [0.15, 0.2) is 5.13 Å². The summed E-state index contributed by atoms with van der Waals surface area (Å²) in [5, 5.41) is 4.53. The highest BCUT2D eigenvalue weighted by molar-refractivity contribution is 7.92. The molecule has 0 unspecified atom stereocenters. The maximum absolute atomic E-state index is 13.3. The number of sulfonamides is 1. The number of aryl methyl sites for hydroxylation is 2. The molecule has 0 spiro atoms. The molecule has 0 amide bonds. The molecule has 9 heteroatoms. The molecule has 0 bridgehead atoms. The van der Waals surface area contributed by atoms with Crippen LogP contribution in [0.25, 0.3) is 10.4 Å². The summed E-state index contributed by atoms with van der Waals surface area (Å²) >= 11 is 1.55. The molecule has 2 aromatic heterocycles. The molecule has 3 aromatic rings. The molecule has 1 saturated carbocycles. The number of hydrogen-bond acceptors (Lipinski definition) is 7. The number of benzene rings is 1. The Morgan fingerprint density at radius 3 is 2.51 bits per heavy atom. The van der Waals surface area contributed by atoms with Crippen LogP contribution in [-0.4, -0.2) is 31.0 Å². The highest BCUT2D eigenvalue weighted by Gasteiger charge is 2.31. The third kappa shape index (κ3) is 5.62. The Morgan fingerprint density at radius 1 is 1.09 bits per heavy atom. The maximum Gasteiger partial charge on any atom is 0.265 e. The number of nitrogens with one attached hydrogen (secondary N) is 2. The third-order valence-corrected chi connectivity index (χ3v) is 9.33.